The standard InChI is InChI=1S/C19H20F3NO2/c1-3-18(25-2,15-9-5-4-6-10-15)13-23-17(24)14-8-7-11-16(12-14)19(20,21)22/h4-12H,3,13H2,1-2H3,(H,23,24). The van der Waals surface area contributed by atoms with Crippen molar-refractivity contribution < 1.29 is 22.7 Å². The minimum absolute atomic E-state index is 0.0380. The van der Waals surface area contributed by atoms with Gasteiger partial charge in [-0.2, -0.15) is 13.2 Å². The summed E-state index contributed by atoms with van der Waals surface area (Å²) < 4.78 is 44.0. The molecule has 134 valence electrons. The Morgan fingerprint density at radius 1 is 1.04 bits per heavy atom. The van der Waals surface area contributed by atoms with Crippen LogP contribution in [0.4, 0.5) is 13.2 Å². The molecule has 1 unspecified atom stereocenters. The van der Waals surface area contributed by atoms with Crippen molar-refractivity contribution in [2.75, 3.05) is 13.7 Å². The van der Waals surface area contributed by atoms with Gasteiger partial charge in [-0.3, -0.25) is 4.79 Å². The van der Waals surface area contributed by atoms with Gasteiger partial charge in [0.15, 0.2) is 0 Å². The van der Waals surface area contributed by atoms with Gasteiger partial charge in [0.1, 0.15) is 5.60 Å². The second kappa shape index (κ2) is 7.70. The molecule has 0 saturated heterocycles. The zero-order valence-electron chi connectivity index (χ0n) is 14.1. The maximum Gasteiger partial charge on any atom is 0.416 e. The first-order valence-electron chi connectivity index (χ1n) is 7.88. The van der Waals surface area contributed by atoms with E-state index in [1.165, 1.54) is 12.1 Å². The van der Waals surface area contributed by atoms with Crippen molar-refractivity contribution in [1.82, 2.24) is 5.32 Å². The molecule has 1 amide bonds. The van der Waals surface area contributed by atoms with E-state index in [1.807, 2.05) is 37.3 Å². The zero-order chi connectivity index (χ0) is 18.5. The average molecular weight is 351 g/mol. The number of rotatable bonds is 6. The van der Waals surface area contributed by atoms with Crippen molar-refractivity contribution in [1.29, 1.82) is 0 Å². The molecule has 0 aliphatic heterocycles. The molecule has 0 aliphatic rings. The lowest BCUT2D eigenvalue weighted by atomic mass is 9.90. The Bertz CT molecular complexity index is 710. The van der Waals surface area contributed by atoms with Crippen LogP contribution in [-0.4, -0.2) is 19.6 Å². The molecule has 6 heteroatoms. The van der Waals surface area contributed by atoms with Crippen molar-refractivity contribution in [2.45, 2.75) is 25.1 Å². The molecule has 1 N–H and O–H groups in total. The van der Waals surface area contributed by atoms with Crippen molar-refractivity contribution in [2.24, 2.45) is 0 Å². The monoisotopic (exact) mass is 351 g/mol. The maximum atomic E-state index is 12.8. The van der Waals surface area contributed by atoms with Crippen LogP contribution in [0, 0.1) is 0 Å². The van der Waals surface area contributed by atoms with Crippen LogP contribution < -0.4 is 5.32 Å². The average Bonchev–Trinajstić information content (AvgIpc) is 2.63. The van der Waals surface area contributed by atoms with E-state index in [0.717, 1.165) is 17.7 Å². The number of halogens is 3. The highest BCUT2D eigenvalue weighted by Gasteiger charge is 2.32. The molecule has 2 rings (SSSR count). The minimum atomic E-state index is -4.49. The smallest absolute Gasteiger partial charge is 0.372 e. The molecule has 0 heterocycles. The number of ether oxygens (including phenoxy) is 1. The highest BCUT2D eigenvalue weighted by Crippen LogP contribution is 2.30. The molecule has 2 aromatic carbocycles. The van der Waals surface area contributed by atoms with E-state index in [9.17, 15) is 18.0 Å². The molecular formula is C19H20F3NO2. The number of carbonyl (C=O) groups excluding carboxylic acids is 1. The van der Waals surface area contributed by atoms with Gasteiger partial charge in [0.25, 0.3) is 5.91 Å². The molecule has 0 spiro atoms. The van der Waals surface area contributed by atoms with Gasteiger partial charge >= 0.3 is 6.18 Å². The molecule has 0 aromatic heterocycles. The predicted octanol–water partition coefficient (Wildman–Crippen LogP) is 4.39. The topological polar surface area (TPSA) is 38.3 Å². The number of carbonyl (C=O) groups is 1. The molecule has 0 fully saturated rings. The van der Waals surface area contributed by atoms with Crippen LogP contribution in [-0.2, 0) is 16.5 Å². The summed E-state index contributed by atoms with van der Waals surface area (Å²) in [6.07, 6.45) is -3.89. The number of hydrogen-bond acceptors (Lipinski definition) is 2. The summed E-state index contributed by atoms with van der Waals surface area (Å²) in [6.45, 7) is 2.08. The molecule has 1 atom stereocenters. The van der Waals surface area contributed by atoms with Gasteiger partial charge in [0.2, 0.25) is 0 Å². The van der Waals surface area contributed by atoms with Gasteiger partial charge in [-0.1, -0.05) is 43.3 Å². The highest BCUT2D eigenvalue weighted by molar-refractivity contribution is 5.94. The summed E-state index contributed by atoms with van der Waals surface area (Å²) in [7, 11) is 1.55. The Hall–Kier alpha value is -2.34. The lowest BCUT2D eigenvalue weighted by Gasteiger charge is -2.32. The second-order valence-corrected chi connectivity index (χ2v) is 5.68. The first-order chi connectivity index (χ1) is 11.8. The highest BCUT2D eigenvalue weighted by atomic mass is 19.4. The van der Waals surface area contributed by atoms with Gasteiger partial charge in [-0.05, 0) is 30.2 Å². The van der Waals surface area contributed by atoms with Crippen LogP contribution in [0.3, 0.4) is 0 Å². The summed E-state index contributed by atoms with van der Waals surface area (Å²) >= 11 is 0. The van der Waals surface area contributed by atoms with Crippen LogP contribution >= 0.6 is 0 Å². The normalized spacial score (nSPS) is 14.0. The lowest BCUT2D eigenvalue weighted by molar-refractivity contribution is -0.137. The van der Waals surface area contributed by atoms with E-state index in [-0.39, 0.29) is 12.1 Å². The summed E-state index contributed by atoms with van der Waals surface area (Å²) in [5.74, 6) is -0.572. The third kappa shape index (κ3) is 4.39. The van der Waals surface area contributed by atoms with Gasteiger partial charge in [-0.15, -0.1) is 0 Å². The van der Waals surface area contributed by atoms with Crippen LogP contribution in [0.2, 0.25) is 0 Å². The molecule has 2 aromatic rings. The van der Waals surface area contributed by atoms with Crippen molar-refractivity contribution >= 4 is 5.91 Å². The fourth-order valence-electron chi connectivity index (χ4n) is 2.67. The number of amides is 1. The van der Waals surface area contributed by atoms with Gasteiger partial charge < -0.3 is 10.1 Å². The molecule has 0 radical (unpaired) electrons. The van der Waals surface area contributed by atoms with Gasteiger partial charge in [-0.25, -0.2) is 0 Å². The van der Waals surface area contributed by atoms with Gasteiger partial charge in [0.05, 0.1) is 12.1 Å². The predicted molar refractivity (Wildman–Crippen MR) is 89.2 cm³/mol. The quantitative estimate of drug-likeness (QED) is 0.838. The molecule has 0 saturated carbocycles. The minimum Gasteiger partial charge on any atom is -0.372 e. The van der Waals surface area contributed by atoms with Crippen molar-refractivity contribution in [3.05, 3.63) is 71.3 Å². The van der Waals surface area contributed by atoms with Crippen molar-refractivity contribution in [3.8, 4) is 0 Å². The number of methoxy groups -OCH3 is 1. The molecule has 3 nitrogen and oxygen atoms in total. The molecular weight excluding hydrogens is 331 g/mol. The largest absolute Gasteiger partial charge is 0.416 e. The molecule has 0 aliphatic carbocycles. The number of alkyl halides is 3. The third-order valence-electron chi connectivity index (χ3n) is 4.25. The number of benzene rings is 2. The summed E-state index contributed by atoms with van der Waals surface area (Å²) in [5, 5.41) is 2.69. The van der Waals surface area contributed by atoms with Crippen LogP contribution in [0.5, 0.6) is 0 Å². The fraction of sp³-hybridized carbons (Fsp3) is 0.316. The van der Waals surface area contributed by atoms with Gasteiger partial charge in [0, 0.05) is 12.7 Å². The third-order valence-corrected chi connectivity index (χ3v) is 4.25. The van der Waals surface area contributed by atoms with E-state index >= 15 is 0 Å². The Morgan fingerprint density at radius 3 is 2.24 bits per heavy atom. The first-order valence-corrected chi connectivity index (χ1v) is 7.88. The van der Waals surface area contributed by atoms with E-state index in [0.29, 0.717) is 6.42 Å². The van der Waals surface area contributed by atoms with Crippen LogP contribution in [0.25, 0.3) is 0 Å². The van der Waals surface area contributed by atoms with E-state index in [4.69, 9.17) is 4.74 Å². The lowest BCUT2D eigenvalue weighted by Crippen LogP contribution is -2.42. The van der Waals surface area contributed by atoms with E-state index in [1.54, 1.807) is 7.11 Å². The van der Waals surface area contributed by atoms with Crippen LogP contribution in [0.1, 0.15) is 34.8 Å². The fourth-order valence-corrected chi connectivity index (χ4v) is 2.67. The molecule has 25 heavy (non-hydrogen) atoms. The zero-order valence-corrected chi connectivity index (χ0v) is 14.1. The van der Waals surface area contributed by atoms with Crippen molar-refractivity contribution in [3.63, 3.8) is 0 Å². The SMILES string of the molecule is CCC(CNC(=O)c1cccc(C(F)(F)F)c1)(OC)c1ccccc1. The van der Waals surface area contributed by atoms with E-state index in [2.05, 4.69) is 5.32 Å². The Balaban J connectivity index is 2.17. The second-order valence-electron chi connectivity index (χ2n) is 5.68. The maximum absolute atomic E-state index is 12.8. The number of hydrogen-bond donors (Lipinski definition) is 1. The Morgan fingerprint density at radius 2 is 1.68 bits per heavy atom. The number of nitrogens with one attached hydrogen (secondary N) is 1. The summed E-state index contributed by atoms with van der Waals surface area (Å²) in [4.78, 5) is 12.3. The van der Waals surface area contributed by atoms with E-state index < -0.39 is 23.2 Å². The van der Waals surface area contributed by atoms with Crippen LogP contribution in [0.15, 0.2) is 54.6 Å². The first kappa shape index (κ1) is 19.0. The summed E-state index contributed by atoms with van der Waals surface area (Å²) in [6, 6.07) is 13.8. The Labute approximate surface area is 144 Å². The Kier molecular flexibility index (Phi) is 5.85. The summed E-state index contributed by atoms with van der Waals surface area (Å²) in [5.41, 5.74) is -0.733. The molecule has 0 bridgehead atoms.